The van der Waals surface area contributed by atoms with E-state index in [0.717, 1.165) is 31.4 Å². The van der Waals surface area contributed by atoms with Crippen LogP contribution >= 0.6 is 11.3 Å². The van der Waals surface area contributed by atoms with Gasteiger partial charge in [-0.05, 0) is 26.2 Å². The van der Waals surface area contributed by atoms with Gasteiger partial charge < -0.3 is 4.74 Å². The molecule has 0 amide bonds. The largest absolute Gasteiger partial charge is 0.376 e. The summed E-state index contributed by atoms with van der Waals surface area (Å²) in [6.07, 6.45) is 4.26. The van der Waals surface area contributed by atoms with Gasteiger partial charge in [-0.15, -0.1) is 11.3 Å². The Kier molecular flexibility index (Phi) is 3.92. The highest BCUT2D eigenvalue weighted by molar-refractivity contribution is 7.09. The number of aromatic nitrogens is 1. The van der Waals surface area contributed by atoms with Gasteiger partial charge in [0.15, 0.2) is 0 Å². The molecule has 0 aromatic carbocycles. The maximum absolute atomic E-state index is 8.93. The summed E-state index contributed by atoms with van der Waals surface area (Å²) in [6, 6.07) is 2.33. The number of nitrogens with zero attached hydrogens (tertiary/aromatic N) is 2. The van der Waals surface area contributed by atoms with Crippen LogP contribution in [0.25, 0.3) is 0 Å². The molecular weight excluding hydrogens is 220 g/mol. The summed E-state index contributed by atoms with van der Waals surface area (Å²) in [5, 5.41) is 8.93. The molecule has 1 aromatic rings. The second-order valence-electron chi connectivity index (χ2n) is 4.19. The third-order valence-electron chi connectivity index (χ3n) is 3.12. The van der Waals surface area contributed by atoms with E-state index < -0.39 is 0 Å². The van der Waals surface area contributed by atoms with Crippen LogP contribution in [0.4, 0.5) is 0 Å². The standard InChI is InChI=1S/C12H16N2OS/c1-9-12(16-8-14-9)5-6-15-11-4-2-3-10(11)7-13/h8,10-11H,2-6H2,1H3. The first kappa shape index (κ1) is 11.6. The lowest BCUT2D eigenvalue weighted by Crippen LogP contribution is -2.18. The number of thiazole rings is 1. The van der Waals surface area contributed by atoms with E-state index in [1.807, 2.05) is 12.4 Å². The van der Waals surface area contributed by atoms with Crippen molar-refractivity contribution < 1.29 is 4.74 Å². The number of nitriles is 1. The Hall–Kier alpha value is -0.920. The van der Waals surface area contributed by atoms with Crippen molar-refractivity contribution in [1.82, 2.24) is 4.98 Å². The number of hydrogen-bond acceptors (Lipinski definition) is 4. The lowest BCUT2D eigenvalue weighted by atomic mass is 10.1. The molecule has 1 aromatic heterocycles. The molecular formula is C12H16N2OS. The second-order valence-corrected chi connectivity index (χ2v) is 5.13. The van der Waals surface area contributed by atoms with Crippen molar-refractivity contribution in [2.24, 2.45) is 5.92 Å². The molecule has 0 aliphatic heterocycles. The molecule has 3 nitrogen and oxygen atoms in total. The van der Waals surface area contributed by atoms with Crippen LogP contribution in [0.15, 0.2) is 5.51 Å². The monoisotopic (exact) mass is 236 g/mol. The molecule has 0 bridgehead atoms. The number of rotatable bonds is 4. The van der Waals surface area contributed by atoms with Gasteiger partial charge in [-0.2, -0.15) is 5.26 Å². The molecule has 0 spiro atoms. The third kappa shape index (κ3) is 2.60. The van der Waals surface area contributed by atoms with E-state index in [1.165, 1.54) is 4.88 Å². The first-order valence-electron chi connectivity index (χ1n) is 5.71. The summed E-state index contributed by atoms with van der Waals surface area (Å²) >= 11 is 1.68. The van der Waals surface area contributed by atoms with Crippen LogP contribution in [0, 0.1) is 24.2 Å². The third-order valence-corrected chi connectivity index (χ3v) is 4.12. The van der Waals surface area contributed by atoms with E-state index in [9.17, 15) is 0 Å². The predicted molar refractivity (Wildman–Crippen MR) is 63.2 cm³/mol. The van der Waals surface area contributed by atoms with Crippen LogP contribution in [0.5, 0.6) is 0 Å². The molecule has 1 aliphatic carbocycles. The van der Waals surface area contributed by atoms with Gasteiger partial charge in [-0.3, -0.25) is 0 Å². The van der Waals surface area contributed by atoms with Gasteiger partial charge in [0.05, 0.1) is 35.9 Å². The quantitative estimate of drug-likeness (QED) is 0.807. The van der Waals surface area contributed by atoms with Crippen LogP contribution in [-0.2, 0) is 11.2 Å². The number of hydrogen-bond donors (Lipinski definition) is 0. The van der Waals surface area contributed by atoms with Crippen molar-refractivity contribution in [3.05, 3.63) is 16.1 Å². The van der Waals surface area contributed by atoms with Crippen LogP contribution in [0.2, 0.25) is 0 Å². The average Bonchev–Trinajstić information content (AvgIpc) is 2.88. The first-order chi connectivity index (χ1) is 7.81. The fourth-order valence-corrected chi connectivity index (χ4v) is 2.90. The Morgan fingerprint density at radius 3 is 3.19 bits per heavy atom. The van der Waals surface area contributed by atoms with Crippen LogP contribution in [0.1, 0.15) is 29.8 Å². The van der Waals surface area contributed by atoms with Gasteiger partial charge in [0, 0.05) is 11.3 Å². The summed E-state index contributed by atoms with van der Waals surface area (Å²) in [4.78, 5) is 5.51. The molecule has 2 unspecified atom stereocenters. The Morgan fingerprint density at radius 1 is 1.62 bits per heavy atom. The van der Waals surface area contributed by atoms with Gasteiger partial charge in [0.25, 0.3) is 0 Å². The molecule has 0 N–H and O–H groups in total. The maximum Gasteiger partial charge on any atom is 0.0797 e. The van der Waals surface area contributed by atoms with Gasteiger partial charge in [0.2, 0.25) is 0 Å². The topological polar surface area (TPSA) is 45.9 Å². The van der Waals surface area contributed by atoms with Crippen LogP contribution in [-0.4, -0.2) is 17.7 Å². The predicted octanol–water partition coefficient (Wildman–Crippen LogP) is 2.70. The molecule has 86 valence electrons. The highest BCUT2D eigenvalue weighted by Gasteiger charge is 2.27. The molecule has 2 atom stereocenters. The molecule has 1 heterocycles. The zero-order valence-electron chi connectivity index (χ0n) is 9.48. The Labute approximate surface area is 100 Å². The summed E-state index contributed by atoms with van der Waals surface area (Å²) < 4.78 is 5.79. The van der Waals surface area contributed by atoms with Gasteiger partial charge in [-0.25, -0.2) is 4.98 Å². The minimum Gasteiger partial charge on any atom is -0.376 e. The van der Waals surface area contributed by atoms with Crippen LogP contribution in [0.3, 0.4) is 0 Å². The van der Waals surface area contributed by atoms with Crippen molar-refractivity contribution >= 4 is 11.3 Å². The first-order valence-corrected chi connectivity index (χ1v) is 6.59. The van der Waals surface area contributed by atoms with E-state index >= 15 is 0 Å². The van der Waals surface area contributed by atoms with Gasteiger partial charge in [-0.1, -0.05) is 0 Å². The van der Waals surface area contributed by atoms with Gasteiger partial charge in [0.1, 0.15) is 0 Å². The zero-order chi connectivity index (χ0) is 11.4. The molecule has 16 heavy (non-hydrogen) atoms. The Balaban J connectivity index is 1.76. The molecule has 1 fully saturated rings. The van der Waals surface area contributed by atoms with Crippen molar-refractivity contribution in [2.75, 3.05) is 6.61 Å². The lowest BCUT2D eigenvalue weighted by Gasteiger charge is -2.14. The van der Waals surface area contributed by atoms with Gasteiger partial charge >= 0.3 is 0 Å². The highest BCUT2D eigenvalue weighted by Crippen LogP contribution is 2.27. The summed E-state index contributed by atoms with van der Waals surface area (Å²) in [7, 11) is 0. The minimum absolute atomic E-state index is 0.113. The molecule has 0 radical (unpaired) electrons. The molecule has 0 saturated heterocycles. The van der Waals surface area contributed by atoms with E-state index in [-0.39, 0.29) is 12.0 Å². The normalized spacial score (nSPS) is 24.5. The van der Waals surface area contributed by atoms with Crippen molar-refractivity contribution in [3.8, 4) is 6.07 Å². The second kappa shape index (κ2) is 5.42. The lowest BCUT2D eigenvalue weighted by molar-refractivity contribution is 0.0436. The van der Waals surface area contributed by atoms with Crippen molar-refractivity contribution in [1.29, 1.82) is 5.26 Å². The molecule has 4 heteroatoms. The highest BCUT2D eigenvalue weighted by atomic mass is 32.1. The smallest absolute Gasteiger partial charge is 0.0797 e. The molecule has 1 saturated carbocycles. The zero-order valence-corrected chi connectivity index (χ0v) is 10.3. The summed E-state index contributed by atoms with van der Waals surface area (Å²) in [6.45, 7) is 2.74. The Morgan fingerprint density at radius 2 is 2.50 bits per heavy atom. The minimum atomic E-state index is 0.113. The fraction of sp³-hybridized carbons (Fsp3) is 0.667. The van der Waals surface area contributed by atoms with E-state index in [1.54, 1.807) is 11.3 Å². The summed E-state index contributed by atoms with van der Waals surface area (Å²) in [5.41, 5.74) is 2.98. The van der Waals surface area contributed by atoms with Crippen molar-refractivity contribution in [2.45, 2.75) is 38.7 Å². The Bertz CT molecular complexity index is 383. The maximum atomic E-state index is 8.93. The average molecular weight is 236 g/mol. The van der Waals surface area contributed by atoms with E-state index in [4.69, 9.17) is 10.00 Å². The number of ether oxygens (including phenoxy) is 1. The SMILES string of the molecule is Cc1ncsc1CCOC1CCCC1C#N. The fourth-order valence-electron chi connectivity index (χ4n) is 2.14. The number of aryl methyl sites for hydroxylation is 1. The van der Waals surface area contributed by atoms with E-state index in [0.29, 0.717) is 6.61 Å². The molecule has 2 rings (SSSR count). The van der Waals surface area contributed by atoms with Crippen molar-refractivity contribution in [3.63, 3.8) is 0 Å². The molecule has 1 aliphatic rings. The summed E-state index contributed by atoms with van der Waals surface area (Å²) in [5.74, 6) is 0.113. The van der Waals surface area contributed by atoms with Crippen LogP contribution < -0.4 is 0 Å². The van der Waals surface area contributed by atoms with E-state index in [2.05, 4.69) is 11.1 Å².